The lowest BCUT2D eigenvalue weighted by molar-refractivity contribution is 0.411. The van der Waals surface area contributed by atoms with Crippen LogP contribution in [0.1, 0.15) is 5.56 Å². The van der Waals surface area contributed by atoms with Gasteiger partial charge in [-0.3, -0.25) is 9.19 Å². The van der Waals surface area contributed by atoms with Gasteiger partial charge < -0.3 is 10.5 Å². The van der Waals surface area contributed by atoms with Crippen molar-refractivity contribution in [3.8, 4) is 5.75 Å². The third-order valence-corrected chi connectivity index (χ3v) is 4.04. The van der Waals surface area contributed by atoms with Crippen LogP contribution in [0.2, 0.25) is 0 Å². The van der Waals surface area contributed by atoms with Gasteiger partial charge in [0.15, 0.2) is 0 Å². The first-order valence-corrected chi connectivity index (χ1v) is 6.84. The molecule has 0 radical (unpaired) electrons. The van der Waals surface area contributed by atoms with E-state index in [-0.39, 0.29) is 5.75 Å². The van der Waals surface area contributed by atoms with Crippen LogP contribution in [0.5, 0.6) is 5.75 Å². The Morgan fingerprint density at radius 2 is 2.21 bits per heavy atom. The predicted molar refractivity (Wildman–Crippen MR) is 71.7 cm³/mol. The van der Waals surface area contributed by atoms with E-state index in [1.807, 2.05) is 0 Å². The van der Waals surface area contributed by atoms with Crippen LogP contribution in [0.3, 0.4) is 0 Å². The van der Waals surface area contributed by atoms with Crippen molar-refractivity contribution in [2.45, 2.75) is 10.6 Å². The number of hydrogen-bond acceptors (Lipinski definition) is 4. The zero-order valence-electron chi connectivity index (χ0n) is 10.3. The van der Waals surface area contributed by atoms with Crippen molar-refractivity contribution in [2.24, 2.45) is 0 Å². The maximum absolute atomic E-state index is 13.8. The number of pyridine rings is 1. The summed E-state index contributed by atoms with van der Waals surface area (Å²) in [4.78, 5) is 4.29. The molecular weight excluding hydrogens is 267 g/mol. The molecule has 100 valence electrons. The summed E-state index contributed by atoms with van der Waals surface area (Å²) in [6, 6.07) is 6.03. The number of nitrogens with zero attached hydrogens (tertiary/aromatic N) is 1. The van der Waals surface area contributed by atoms with Crippen molar-refractivity contribution < 1.29 is 13.3 Å². The number of nitrogens with two attached hydrogens (primary N) is 1. The quantitative estimate of drug-likeness (QED) is 0.931. The molecule has 0 aliphatic rings. The fourth-order valence-electron chi connectivity index (χ4n) is 1.59. The fraction of sp³-hybridized carbons (Fsp3) is 0.154. The zero-order valence-corrected chi connectivity index (χ0v) is 11.1. The normalized spacial score (nSPS) is 12.1. The summed E-state index contributed by atoms with van der Waals surface area (Å²) >= 11 is 0. The Morgan fingerprint density at radius 1 is 1.42 bits per heavy atom. The van der Waals surface area contributed by atoms with Crippen LogP contribution >= 0.6 is 0 Å². The molecule has 2 aromatic rings. The maximum Gasteiger partial charge on any atom is 0.131 e. The second-order valence-electron chi connectivity index (χ2n) is 3.86. The van der Waals surface area contributed by atoms with Gasteiger partial charge in [0.05, 0.1) is 40.4 Å². The lowest BCUT2D eigenvalue weighted by Gasteiger charge is -2.07. The topological polar surface area (TPSA) is 65.2 Å². The van der Waals surface area contributed by atoms with Gasteiger partial charge in [-0.25, -0.2) is 4.39 Å². The lowest BCUT2D eigenvalue weighted by atomic mass is 10.2. The summed E-state index contributed by atoms with van der Waals surface area (Å²) < 4.78 is 30.8. The molecule has 0 fully saturated rings. The Morgan fingerprint density at radius 3 is 2.84 bits per heavy atom. The van der Waals surface area contributed by atoms with E-state index in [9.17, 15) is 8.60 Å². The Bertz CT molecular complexity index is 619. The van der Waals surface area contributed by atoms with Crippen molar-refractivity contribution >= 4 is 16.5 Å². The number of benzene rings is 1. The Hall–Kier alpha value is -1.95. The van der Waals surface area contributed by atoms with E-state index in [4.69, 9.17) is 10.5 Å². The van der Waals surface area contributed by atoms with E-state index in [0.29, 0.717) is 21.9 Å². The SMILES string of the molecule is COc1ccc(CS(=O)c2ccncc2N)c(F)c1. The molecule has 19 heavy (non-hydrogen) atoms. The molecule has 2 rings (SSSR count). The molecule has 0 aliphatic heterocycles. The van der Waals surface area contributed by atoms with Crippen LogP contribution < -0.4 is 10.5 Å². The van der Waals surface area contributed by atoms with Crippen LogP contribution in [0.15, 0.2) is 41.6 Å². The fourth-order valence-corrected chi connectivity index (χ4v) is 2.79. The van der Waals surface area contributed by atoms with Gasteiger partial charge in [0, 0.05) is 17.8 Å². The molecule has 0 saturated heterocycles. The van der Waals surface area contributed by atoms with Crippen LogP contribution in [-0.4, -0.2) is 16.3 Å². The molecule has 6 heteroatoms. The first-order valence-electron chi connectivity index (χ1n) is 5.52. The average Bonchev–Trinajstić information content (AvgIpc) is 2.41. The van der Waals surface area contributed by atoms with Crippen molar-refractivity contribution in [3.63, 3.8) is 0 Å². The third kappa shape index (κ3) is 3.08. The number of rotatable bonds is 4. The lowest BCUT2D eigenvalue weighted by Crippen LogP contribution is -2.03. The van der Waals surface area contributed by atoms with E-state index in [0.717, 1.165) is 0 Å². The number of methoxy groups -OCH3 is 1. The molecule has 0 bridgehead atoms. The highest BCUT2D eigenvalue weighted by Gasteiger charge is 2.12. The van der Waals surface area contributed by atoms with Crippen molar-refractivity contribution in [1.82, 2.24) is 4.98 Å². The molecule has 1 atom stereocenters. The van der Waals surface area contributed by atoms with Gasteiger partial charge >= 0.3 is 0 Å². The minimum Gasteiger partial charge on any atom is -0.497 e. The summed E-state index contributed by atoms with van der Waals surface area (Å²) in [7, 11) is 0.0520. The minimum absolute atomic E-state index is 0.0596. The van der Waals surface area contributed by atoms with E-state index < -0.39 is 16.6 Å². The number of aromatic nitrogens is 1. The molecule has 1 unspecified atom stereocenters. The summed E-state index contributed by atoms with van der Waals surface area (Å²) in [5.41, 5.74) is 6.39. The third-order valence-electron chi connectivity index (χ3n) is 2.60. The van der Waals surface area contributed by atoms with E-state index in [1.165, 1.54) is 25.6 Å². The largest absolute Gasteiger partial charge is 0.497 e. The van der Waals surface area contributed by atoms with Gasteiger partial charge in [0.2, 0.25) is 0 Å². The molecule has 1 aromatic heterocycles. The van der Waals surface area contributed by atoms with Gasteiger partial charge in [-0.1, -0.05) is 6.07 Å². The predicted octanol–water partition coefficient (Wildman–Crippen LogP) is 2.12. The van der Waals surface area contributed by atoms with Crippen LogP contribution in [-0.2, 0) is 16.6 Å². The minimum atomic E-state index is -1.41. The van der Waals surface area contributed by atoms with Crippen LogP contribution in [0, 0.1) is 5.82 Å². The highest BCUT2D eigenvalue weighted by Crippen LogP contribution is 2.21. The number of nitrogen functional groups attached to an aromatic ring is 1. The van der Waals surface area contributed by atoms with Gasteiger partial charge in [-0.05, 0) is 12.1 Å². The summed E-state index contributed by atoms with van der Waals surface area (Å²) in [6.45, 7) is 0. The molecule has 1 heterocycles. The maximum atomic E-state index is 13.8. The van der Waals surface area contributed by atoms with Gasteiger partial charge in [0.25, 0.3) is 0 Å². The average molecular weight is 280 g/mol. The number of halogens is 1. The van der Waals surface area contributed by atoms with E-state index in [2.05, 4.69) is 4.98 Å². The summed E-state index contributed by atoms with van der Waals surface area (Å²) in [5.74, 6) is 0.0418. The van der Waals surface area contributed by atoms with Crippen molar-refractivity contribution in [1.29, 1.82) is 0 Å². The highest BCUT2D eigenvalue weighted by atomic mass is 32.2. The molecule has 0 spiro atoms. The highest BCUT2D eigenvalue weighted by molar-refractivity contribution is 7.84. The first kappa shape index (κ1) is 13.5. The van der Waals surface area contributed by atoms with Crippen molar-refractivity contribution in [2.75, 3.05) is 12.8 Å². The Kier molecular flexibility index (Phi) is 4.11. The smallest absolute Gasteiger partial charge is 0.131 e. The molecule has 1 aromatic carbocycles. The number of ether oxygens (including phenoxy) is 1. The molecule has 0 amide bonds. The number of anilines is 1. The van der Waals surface area contributed by atoms with Gasteiger partial charge in [0.1, 0.15) is 11.6 Å². The van der Waals surface area contributed by atoms with E-state index in [1.54, 1.807) is 18.2 Å². The second kappa shape index (κ2) is 5.79. The van der Waals surface area contributed by atoms with Gasteiger partial charge in [-0.15, -0.1) is 0 Å². The zero-order chi connectivity index (χ0) is 13.8. The first-order chi connectivity index (χ1) is 9.11. The van der Waals surface area contributed by atoms with Crippen molar-refractivity contribution in [3.05, 3.63) is 48.0 Å². The number of hydrogen-bond donors (Lipinski definition) is 1. The molecule has 0 saturated carbocycles. The second-order valence-corrected chi connectivity index (χ2v) is 5.28. The summed E-state index contributed by atoms with van der Waals surface area (Å²) in [5, 5.41) is 0. The summed E-state index contributed by atoms with van der Waals surface area (Å²) in [6.07, 6.45) is 2.94. The van der Waals surface area contributed by atoms with Gasteiger partial charge in [-0.2, -0.15) is 0 Å². The molecule has 0 aliphatic carbocycles. The molecule has 2 N–H and O–H groups in total. The standard InChI is InChI=1S/C13H13FN2O2S/c1-18-10-3-2-9(11(14)6-10)8-19(17)13-4-5-16-7-12(13)15/h2-7H,8,15H2,1H3. The van der Waals surface area contributed by atoms with Crippen LogP contribution in [0.25, 0.3) is 0 Å². The molecule has 4 nitrogen and oxygen atoms in total. The Labute approximate surface area is 112 Å². The monoisotopic (exact) mass is 280 g/mol. The van der Waals surface area contributed by atoms with Crippen LogP contribution in [0.4, 0.5) is 10.1 Å². The molecular formula is C13H13FN2O2S. The van der Waals surface area contributed by atoms with E-state index >= 15 is 0 Å². The Balaban J connectivity index is 2.22.